The zero-order valence-electron chi connectivity index (χ0n) is 40.4. The van der Waals surface area contributed by atoms with E-state index in [1.807, 2.05) is 0 Å². The van der Waals surface area contributed by atoms with Crippen molar-refractivity contribution in [1.29, 1.82) is 0 Å². The smallest absolute Gasteiger partial charge is 0.0465 e. The molecule has 0 amide bonds. The van der Waals surface area contributed by atoms with Crippen LogP contribution in [0.5, 0.6) is 0 Å². The van der Waals surface area contributed by atoms with Gasteiger partial charge in [-0.2, -0.15) is 0 Å². The summed E-state index contributed by atoms with van der Waals surface area (Å²) in [6.07, 6.45) is 4.41. The van der Waals surface area contributed by atoms with Crippen LogP contribution in [-0.4, -0.2) is 0 Å². The van der Waals surface area contributed by atoms with Crippen LogP contribution in [-0.2, 0) is 5.41 Å². The van der Waals surface area contributed by atoms with Gasteiger partial charge in [-0.05, 0) is 159 Å². The van der Waals surface area contributed by atoms with Crippen LogP contribution in [0.4, 0.5) is 17.1 Å². The molecule has 340 valence electrons. The van der Waals surface area contributed by atoms with Crippen LogP contribution in [0.2, 0.25) is 0 Å². The van der Waals surface area contributed by atoms with Gasteiger partial charge in [-0.25, -0.2) is 0 Å². The highest BCUT2D eigenvalue weighted by atomic mass is 15.1. The Balaban J connectivity index is 0.779. The molecule has 1 heteroatoms. The molecule has 0 N–H and O–H groups in total. The predicted octanol–water partition coefficient (Wildman–Crippen LogP) is 19.8. The molecule has 0 unspecified atom stereocenters. The Hall–Kier alpha value is -9.04. The van der Waals surface area contributed by atoms with Gasteiger partial charge in [-0.3, -0.25) is 0 Å². The monoisotopic (exact) mass is 917 g/mol. The number of rotatable bonds is 9. The Bertz CT molecular complexity index is 3960. The molecule has 0 saturated carbocycles. The van der Waals surface area contributed by atoms with E-state index in [1.165, 1.54) is 99.1 Å². The van der Waals surface area contributed by atoms with Gasteiger partial charge in [0.15, 0.2) is 0 Å². The number of hydrogen-bond acceptors (Lipinski definition) is 1. The Morgan fingerprint density at radius 2 is 0.750 bits per heavy atom. The van der Waals surface area contributed by atoms with Crippen molar-refractivity contribution in [1.82, 2.24) is 0 Å². The Labute approximate surface area is 422 Å². The van der Waals surface area contributed by atoms with E-state index in [2.05, 4.69) is 292 Å². The minimum absolute atomic E-state index is 0.0734. The molecule has 0 aromatic heterocycles. The fraction of sp³-hybridized carbons (Fsp3) is 0.0423. The van der Waals surface area contributed by atoms with Crippen molar-refractivity contribution in [3.8, 4) is 55.6 Å². The maximum atomic E-state index is 2.40. The SMILES string of the molecule is CC1(C)c2ccccc2-c2ccc(N(c3ccccc3)c3ccc(C=Cc4ccc(-c5ccc(-c6c7ccccc7c(-c7cc(-c8ccccc8)cc8ccccc78)c7ccccc67)cc5)cc4)cc3)cc21. The summed E-state index contributed by atoms with van der Waals surface area (Å²) in [5.74, 6) is 0. The molecule has 0 atom stereocenters. The van der Waals surface area contributed by atoms with Gasteiger partial charge < -0.3 is 4.90 Å². The normalized spacial score (nSPS) is 12.6. The van der Waals surface area contributed by atoms with Crippen molar-refractivity contribution in [3.63, 3.8) is 0 Å². The number of anilines is 3. The third-order valence-electron chi connectivity index (χ3n) is 15.0. The molecule has 13 rings (SSSR count). The number of para-hydroxylation sites is 1. The van der Waals surface area contributed by atoms with Gasteiger partial charge in [0, 0.05) is 22.5 Å². The summed E-state index contributed by atoms with van der Waals surface area (Å²) in [5, 5.41) is 7.51. The maximum absolute atomic E-state index is 2.40. The molecule has 1 aliphatic rings. The Kier molecular flexibility index (Phi) is 10.6. The van der Waals surface area contributed by atoms with Crippen LogP contribution in [0.3, 0.4) is 0 Å². The third-order valence-corrected chi connectivity index (χ3v) is 15.0. The number of fused-ring (bicyclic) bond motifs is 6. The summed E-state index contributed by atoms with van der Waals surface area (Å²) in [5.41, 5.74) is 20.9. The number of benzene rings is 12. The highest BCUT2D eigenvalue weighted by molar-refractivity contribution is 6.24. The first-order valence-electron chi connectivity index (χ1n) is 25.1. The summed E-state index contributed by atoms with van der Waals surface area (Å²) in [7, 11) is 0. The minimum Gasteiger partial charge on any atom is -0.310 e. The third kappa shape index (κ3) is 7.50. The van der Waals surface area contributed by atoms with E-state index in [-0.39, 0.29) is 5.41 Å². The average Bonchev–Trinajstić information content (AvgIpc) is 3.67. The molecule has 0 saturated heterocycles. The van der Waals surface area contributed by atoms with Gasteiger partial charge in [-0.1, -0.05) is 238 Å². The van der Waals surface area contributed by atoms with E-state index >= 15 is 0 Å². The van der Waals surface area contributed by atoms with Gasteiger partial charge in [-0.15, -0.1) is 0 Å². The minimum atomic E-state index is -0.0734. The summed E-state index contributed by atoms with van der Waals surface area (Å²) in [6, 6.07) is 95.7. The van der Waals surface area contributed by atoms with Crippen molar-refractivity contribution in [3.05, 3.63) is 283 Å². The first kappa shape index (κ1) is 43.0. The topological polar surface area (TPSA) is 3.24 Å². The van der Waals surface area contributed by atoms with Crippen molar-refractivity contribution in [2.24, 2.45) is 0 Å². The summed E-state index contributed by atoms with van der Waals surface area (Å²) >= 11 is 0. The first-order valence-corrected chi connectivity index (χ1v) is 25.1. The zero-order chi connectivity index (χ0) is 48.2. The molecule has 12 aromatic rings. The van der Waals surface area contributed by atoms with Crippen LogP contribution >= 0.6 is 0 Å². The fourth-order valence-electron chi connectivity index (χ4n) is 11.4. The lowest BCUT2D eigenvalue weighted by atomic mass is 9.82. The standard InChI is InChI=1S/C71H51N/c1-71(2)67-28-16-15-23-60(67)61-44-43-58(47-68(61)71)72(56-20-7-4-8-21-56)57-41-33-49(34-42-57)30-29-48-31-35-51(36-32-48)52-37-39-53(40-38-52)69-62-24-11-13-26-64(62)70(65-27-14-12-25-63(65)69)66-46-55(50-17-5-3-6-18-50)45-54-19-9-10-22-59(54)66/h3-47H,1-2H3. The van der Waals surface area contributed by atoms with Crippen LogP contribution in [0, 0.1) is 0 Å². The van der Waals surface area contributed by atoms with Crippen molar-refractivity contribution in [2.45, 2.75) is 19.3 Å². The van der Waals surface area contributed by atoms with Crippen LogP contribution in [0.1, 0.15) is 36.1 Å². The highest BCUT2D eigenvalue weighted by Gasteiger charge is 2.35. The fourth-order valence-corrected chi connectivity index (χ4v) is 11.4. The van der Waals surface area contributed by atoms with E-state index in [0.717, 1.165) is 28.2 Å². The highest BCUT2D eigenvalue weighted by Crippen LogP contribution is 2.51. The van der Waals surface area contributed by atoms with Gasteiger partial charge in [0.2, 0.25) is 0 Å². The molecule has 12 aromatic carbocycles. The van der Waals surface area contributed by atoms with E-state index in [1.54, 1.807) is 0 Å². The summed E-state index contributed by atoms with van der Waals surface area (Å²) in [6.45, 7) is 4.69. The van der Waals surface area contributed by atoms with Crippen LogP contribution in [0.15, 0.2) is 261 Å². The lowest BCUT2D eigenvalue weighted by molar-refractivity contribution is 0.660. The van der Waals surface area contributed by atoms with E-state index in [4.69, 9.17) is 0 Å². The van der Waals surface area contributed by atoms with Crippen molar-refractivity contribution in [2.75, 3.05) is 4.90 Å². The van der Waals surface area contributed by atoms with Crippen molar-refractivity contribution >= 4 is 61.5 Å². The molecule has 0 aliphatic heterocycles. The summed E-state index contributed by atoms with van der Waals surface area (Å²) < 4.78 is 0. The quantitative estimate of drug-likeness (QED) is 0.103. The van der Waals surface area contributed by atoms with Crippen LogP contribution < -0.4 is 4.90 Å². The van der Waals surface area contributed by atoms with Crippen molar-refractivity contribution < 1.29 is 0 Å². The molecule has 72 heavy (non-hydrogen) atoms. The van der Waals surface area contributed by atoms with Gasteiger partial charge >= 0.3 is 0 Å². The molecule has 1 aliphatic carbocycles. The van der Waals surface area contributed by atoms with Crippen LogP contribution in [0.25, 0.3) is 100 Å². The van der Waals surface area contributed by atoms with E-state index < -0.39 is 0 Å². The lowest BCUT2D eigenvalue weighted by Gasteiger charge is -2.28. The molecular formula is C71H51N. The lowest BCUT2D eigenvalue weighted by Crippen LogP contribution is -2.16. The second-order valence-corrected chi connectivity index (χ2v) is 19.6. The average molecular weight is 918 g/mol. The number of nitrogens with zero attached hydrogens (tertiary/aromatic N) is 1. The van der Waals surface area contributed by atoms with Gasteiger partial charge in [0.25, 0.3) is 0 Å². The molecule has 0 bridgehead atoms. The van der Waals surface area contributed by atoms with Gasteiger partial charge in [0.1, 0.15) is 0 Å². The predicted molar refractivity (Wildman–Crippen MR) is 308 cm³/mol. The molecule has 0 fully saturated rings. The Morgan fingerprint density at radius 3 is 1.40 bits per heavy atom. The molecule has 0 radical (unpaired) electrons. The zero-order valence-corrected chi connectivity index (χ0v) is 40.4. The Morgan fingerprint density at radius 1 is 0.292 bits per heavy atom. The maximum Gasteiger partial charge on any atom is 0.0465 e. The molecule has 0 spiro atoms. The second-order valence-electron chi connectivity index (χ2n) is 19.6. The van der Waals surface area contributed by atoms with E-state index in [0.29, 0.717) is 0 Å². The number of hydrogen-bond donors (Lipinski definition) is 0. The molecule has 0 heterocycles. The molecule has 1 nitrogen and oxygen atoms in total. The first-order chi connectivity index (χ1) is 35.5. The second kappa shape index (κ2) is 17.7. The molecular weight excluding hydrogens is 867 g/mol. The van der Waals surface area contributed by atoms with Gasteiger partial charge in [0.05, 0.1) is 0 Å². The largest absolute Gasteiger partial charge is 0.310 e. The van der Waals surface area contributed by atoms with E-state index in [9.17, 15) is 0 Å². The summed E-state index contributed by atoms with van der Waals surface area (Å²) in [4.78, 5) is 2.37.